The number of benzene rings is 4. The predicted molar refractivity (Wildman–Crippen MR) is 153 cm³/mol. The van der Waals surface area contributed by atoms with E-state index >= 15 is 0 Å². The molecule has 0 spiro atoms. The van der Waals surface area contributed by atoms with Crippen LogP contribution in [0.2, 0.25) is 0 Å². The van der Waals surface area contributed by atoms with Crippen LogP contribution in [0.25, 0.3) is 38.4 Å². The van der Waals surface area contributed by atoms with Crippen molar-refractivity contribution < 1.29 is 4.79 Å². The Morgan fingerprint density at radius 2 is 1.37 bits per heavy atom. The molecule has 2 heteroatoms. The average molecular weight is 466 g/mol. The van der Waals surface area contributed by atoms with Gasteiger partial charge in [0.15, 0.2) is 5.78 Å². The highest BCUT2D eigenvalue weighted by molar-refractivity contribution is 6.26. The first-order valence-electron chi connectivity index (χ1n) is 13.9. The highest BCUT2D eigenvalue weighted by atomic mass is 16.1. The van der Waals surface area contributed by atoms with Gasteiger partial charge in [-0.15, -0.1) is 0 Å². The lowest BCUT2D eigenvalue weighted by Crippen LogP contribution is -2.29. The molecule has 5 rings (SSSR count). The molecular formula is C33H39NO. The van der Waals surface area contributed by atoms with Gasteiger partial charge in [0.1, 0.15) is 0 Å². The lowest BCUT2D eigenvalue weighted by Gasteiger charge is -2.30. The fourth-order valence-electron chi connectivity index (χ4n) is 5.89. The number of hydrogen-bond donors (Lipinski definition) is 0. The Hall–Kier alpha value is -2.87. The van der Waals surface area contributed by atoms with Gasteiger partial charge in [-0.05, 0) is 70.3 Å². The topological polar surface area (TPSA) is 20.3 Å². The molecule has 0 bridgehead atoms. The van der Waals surface area contributed by atoms with Crippen LogP contribution < -0.4 is 4.90 Å². The van der Waals surface area contributed by atoms with Crippen LogP contribution in [0.1, 0.15) is 83.1 Å². The Balaban J connectivity index is 1.38. The van der Waals surface area contributed by atoms with Gasteiger partial charge in [-0.1, -0.05) is 94.0 Å². The molecule has 1 heterocycles. The highest BCUT2D eigenvalue weighted by Gasteiger charge is 2.17. The summed E-state index contributed by atoms with van der Waals surface area (Å²) in [7, 11) is 0. The third-order valence-corrected chi connectivity index (χ3v) is 7.85. The van der Waals surface area contributed by atoms with Crippen molar-refractivity contribution in [1.82, 2.24) is 0 Å². The van der Waals surface area contributed by atoms with E-state index in [1.165, 1.54) is 95.8 Å². The maximum absolute atomic E-state index is 12.5. The average Bonchev–Trinajstić information content (AvgIpc) is 2.90. The number of ketones is 1. The van der Waals surface area contributed by atoms with Crippen molar-refractivity contribution in [2.75, 3.05) is 18.0 Å². The van der Waals surface area contributed by atoms with E-state index in [-0.39, 0.29) is 5.78 Å². The van der Waals surface area contributed by atoms with E-state index in [1.54, 1.807) is 0 Å². The molecule has 0 unspecified atom stereocenters. The third-order valence-electron chi connectivity index (χ3n) is 7.85. The zero-order valence-electron chi connectivity index (χ0n) is 21.3. The fourth-order valence-corrected chi connectivity index (χ4v) is 5.89. The van der Waals surface area contributed by atoms with Crippen molar-refractivity contribution in [2.45, 2.75) is 77.6 Å². The number of nitrogens with zero attached hydrogens (tertiary/aromatic N) is 1. The predicted octanol–water partition coefficient (Wildman–Crippen LogP) is 9.30. The summed E-state index contributed by atoms with van der Waals surface area (Å²) in [5.41, 5.74) is 2.51. The Labute approximate surface area is 210 Å². The Kier molecular flexibility index (Phi) is 7.66. The number of rotatable bonds is 11. The number of allylic oxidation sites excluding steroid dienone is 1. The second-order valence-electron chi connectivity index (χ2n) is 10.4. The van der Waals surface area contributed by atoms with Gasteiger partial charge in [-0.2, -0.15) is 0 Å². The summed E-state index contributed by atoms with van der Waals surface area (Å²) < 4.78 is 0. The number of piperidine rings is 1. The summed E-state index contributed by atoms with van der Waals surface area (Å²) >= 11 is 0. The van der Waals surface area contributed by atoms with E-state index in [1.807, 2.05) is 12.2 Å². The van der Waals surface area contributed by atoms with Gasteiger partial charge in [0.2, 0.25) is 0 Å². The molecule has 0 aliphatic carbocycles. The van der Waals surface area contributed by atoms with E-state index < -0.39 is 0 Å². The standard InChI is InChI=1S/C33H39NO/c1-2-3-4-5-6-7-9-12-28(35)19-15-25-13-14-26-17-21-30-31(34-23-10-8-11-24-34)22-18-27-16-20-29(25)32(26)33(27)30/h13-22H,2-12,23-24H2,1H3/b19-15+. The van der Waals surface area contributed by atoms with Crippen molar-refractivity contribution in [3.63, 3.8) is 0 Å². The van der Waals surface area contributed by atoms with Gasteiger partial charge in [0.25, 0.3) is 0 Å². The van der Waals surface area contributed by atoms with Crippen molar-refractivity contribution in [1.29, 1.82) is 0 Å². The van der Waals surface area contributed by atoms with Crippen molar-refractivity contribution >= 4 is 49.9 Å². The normalized spacial score (nSPS) is 14.7. The fraction of sp³-hybridized carbons (Fsp3) is 0.424. The zero-order valence-corrected chi connectivity index (χ0v) is 21.3. The van der Waals surface area contributed by atoms with Crippen LogP contribution in [0, 0.1) is 0 Å². The molecule has 4 aromatic rings. The summed E-state index contributed by atoms with van der Waals surface area (Å²) in [5.74, 6) is 0.247. The molecule has 35 heavy (non-hydrogen) atoms. The number of unbranched alkanes of at least 4 members (excludes halogenated alkanes) is 6. The first-order chi connectivity index (χ1) is 17.3. The second-order valence-corrected chi connectivity index (χ2v) is 10.4. The molecule has 2 nitrogen and oxygen atoms in total. The van der Waals surface area contributed by atoms with Gasteiger partial charge < -0.3 is 4.90 Å². The van der Waals surface area contributed by atoms with Crippen LogP contribution in [-0.2, 0) is 4.79 Å². The first kappa shape index (κ1) is 23.9. The summed E-state index contributed by atoms with van der Waals surface area (Å²) in [6.45, 7) is 4.55. The van der Waals surface area contributed by atoms with E-state index in [4.69, 9.17) is 0 Å². The van der Waals surface area contributed by atoms with E-state index in [0.717, 1.165) is 25.1 Å². The van der Waals surface area contributed by atoms with Gasteiger partial charge in [-0.25, -0.2) is 0 Å². The second kappa shape index (κ2) is 11.2. The van der Waals surface area contributed by atoms with Crippen LogP contribution in [0.15, 0.2) is 54.6 Å². The molecule has 0 amide bonds. The van der Waals surface area contributed by atoms with Gasteiger partial charge in [-0.3, -0.25) is 4.79 Å². The highest BCUT2D eigenvalue weighted by Crippen LogP contribution is 2.40. The Morgan fingerprint density at radius 3 is 2.14 bits per heavy atom. The number of carbonyl (C=O) groups is 1. The molecule has 1 aliphatic rings. The lowest BCUT2D eigenvalue weighted by molar-refractivity contribution is -0.114. The van der Waals surface area contributed by atoms with Crippen molar-refractivity contribution in [2.24, 2.45) is 0 Å². The largest absolute Gasteiger partial charge is 0.371 e. The monoisotopic (exact) mass is 465 g/mol. The van der Waals surface area contributed by atoms with Gasteiger partial charge in [0.05, 0.1) is 0 Å². The van der Waals surface area contributed by atoms with E-state index in [0.29, 0.717) is 6.42 Å². The Morgan fingerprint density at radius 1 is 0.743 bits per heavy atom. The zero-order chi connectivity index (χ0) is 24.0. The van der Waals surface area contributed by atoms with Crippen molar-refractivity contribution in [3.05, 3.63) is 60.2 Å². The maximum Gasteiger partial charge on any atom is 0.155 e. The number of hydrogen-bond acceptors (Lipinski definition) is 2. The molecule has 0 N–H and O–H groups in total. The lowest BCUT2D eigenvalue weighted by atomic mass is 9.90. The molecule has 0 atom stereocenters. The van der Waals surface area contributed by atoms with Crippen LogP contribution in [0.4, 0.5) is 5.69 Å². The molecule has 0 aromatic heterocycles. The molecule has 4 aromatic carbocycles. The quantitative estimate of drug-likeness (QED) is 0.125. The molecule has 182 valence electrons. The Bertz CT molecular complexity index is 1310. The van der Waals surface area contributed by atoms with Crippen LogP contribution in [0.3, 0.4) is 0 Å². The minimum atomic E-state index is 0.247. The summed E-state index contributed by atoms with van der Waals surface area (Å²) in [6, 6.07) is 18.1. The molecule has 0 saturated carbocycles. The van der Waals surface area contributed by atoms with Gasteiger partial charge in [0, 0.05) is 30.6 Å². The molecule has 1 saturated heterocycles. The molecule has 0 radical (unpaired) electrons. The number of carbonyl (C=O) groups excluding carboxylic acids is 1. The smallest absolute Gasteiger partial charge is 0.155 e. The van der Waals surface area contributed by atoms with Crippen LogP contribution >= 0.6 is 0 Å². The first-order valence-corrected chi connectivity index (χ1v) is 13.9. The minimum Gasteiger partial charge on any atom is -0.371 e. The van der Waals surface area contributed by atoms with E-state index in [9.17, 15) is 4.79 Å². The maximum atomic E-state index is 12.5. The van der Waals surface area contributed by atoms with Crippen LogP contribution in [0.5, 0.6) is 0 Å². The van der Waals surface area contributed by atoms with Crippen LogP contribution in [-0.4, -0.2) is 18.9 Å². The minimum absolute atomic E-state index is 0.247. The summed E-state index contributed by atoms with van der Waals surface area (Å²) in [4.78, 5) is 15.1. The SMILES string of the molecule is CCCCCCCCCC(=O)/C=C/c1ccc2ccc3c(N4CCCCC4)ccc4ccc1c2c43. The number of anilines is 1. The molecule has 1 aliphatic heterocycles. The van der Waals surface area contributed by atoms with Crippen molar-refractivity contribution in [3.8, 4) is 0 Å². The summed E-state index contributed by atoms with van der Waals surface area (Å²) in [6.07, 6.45) is 17.1. The summed E-state index contributed by atoms with van der Waals surface area (Å²) in [5, 5.41) is 7.89. The molecule has 1 fully saturated rings. The van der Waals surface area contributed by atoms with E-state index in [2.05, 4.69) is 60.4 Å². The van der Waals surface area contributed by atoms with Gasteiger partial charge >= 0.3 is 0 Å². The molecular weight excluding hydrogens is 426 g/mol. The third kappa shape index (κ3) is 5.22.